The number of nitrogens with zero attached hydrogens (tertiary/aromatic N) is 1. The van der Waals surface area contributed by atoms with Gasteiger partial charge in [-0.2, -0.15) is 0 Å². The van der Waals surface area contributed by atoms with Crippen LogP contribution >= 0.6 is 0 Å². The number of piperazine rings is 1. The Morgan fingerprint density at radius 2 is 1.93 bits per heavy atom. The minimum absolute atomic E-state index is 0.115. The van der Waals surface area contributed by atoms with Crippen LogP contribution in [0.5, 0.6) is 0 Å². The topological polar surface area (TPSA) is 85.1 Å². The van der Waals surface area contributed by atoms with Gasteiger partial charge in [0.2, 0.25) is 0 Å². The number of carboxylic acids is 1. The highest BCUT2D eigenvalue weighted by atomic mass is 16.4. The van der Waals surface area contributed by atoms with Crippen LogP contribution in [0.3, 0.4) is 0 Å². The maximum atomic E-state index is 11.0. The third-order valence-electron chi connectivity index (χ3n) is 2.40. The summed E-state index contributed by atoms with van der Waals surface area (Å²) < 4.78 is 0. The summed E-state index contributed by atoms with van der Waals surface area (Å²) in [6, 6.07) is 0. The molecule has 1 amide bonds. The predicted molar refractivity (Wildman–Crippen MR) is 44.2 cm³/mol. The second-order valence-corrected chi connectivity index (χ2v) is 3.30. The molecule has 0 atom stereocenters. The van der Waals surface area contributed by atoms with Crippen LogP contribution in [0.1, 0.15) is 0 Å². The molecule has 0 radical (unpaired) electrons. The van der Waals surface area contributed by atoms with Crippen molar-refractivity contribution in [1.82, 2.24) is 4.90 Å². The SMILES string of the molecule is O=C([O-])C(=O)N1CC[NH+](CCO)CC1. The summed E-state index contributed by atoms with van der Waals surface area (Å²) in [5.41, 5.74) is 0. The zero-order valence-corrected chi connectivity index (χ0v) is 7.86. The van der Waals surface area contributed by atoms with Crippen LogP contribution in [0.15, 0.2) is 0 Å². The number of aliphatic carboxylic acids is 1. The number of rotatable bonds is 2. The van der Waals surface area contributed by atoms with Gasteiger partial charge in [0.1, 0.15) is 12.5 Å². The highest BCUT2D eigenvalue weighted by molar-refractivity contribution is 6.30. The van der Waals surface area contributed by atoms with E-state index in [1.54, 1.807) is 0 Å². The zero-order valence-electron chi connectivity index (χ0n) is 7.86. The van der Waals surface area contributed by atoms with Gasteiger partial charge in [0.05, 0.1) is 32.8 Å². The lowest BCUT2D eigenvalue weighted by Crippen LogP contribution is -3.15. The van der Waals surface area contributed by atoms with Crippen molar-refractivity contribution in [1.29, 1.82) is 0 Å². The monoisotopic (exact) mass is 202 g/mol. The largest absolute Gasteiger partial charge is 0.540 e. The summed E-state index contributed by atoms with van der Waals surface area (Å²) in [6.45, 7) is 2.96. The number of carbonyl (C=O) groups excluding carboxylic acids is 2. The predicted octanol–water partition coefficient (Wildman–Crippen LogP) is -4.54. The van der Waals surface area contributed by atoms with E-state index in [1.807, 2.05) is 0 Å². The molecule has 0 aliphatic carbocycles. The van der Waals surface area contributed by atoms with E-state index in [-0.39, 0.29) is 6.61 Å². The number of quaternary nitrogens is 1. The molecule has 0 aromatic heterocycles. The van der Waals surface area contributed by atoms with Gasteiger partial charge in [-0.25, -0.2) is 0 Å². The molecule has 0 saturated carbocycles. The lowest BCUT2D eigenvalue weighted by atomic mass is 10.3. The molecular weight excluding hydrogens is 188 g/mol. The van der Waals surface area contributed by atoms with Crippen molar-refractivity contribution in [3.8, 4) is 0 Å². The lowest BCUT2D eigenvalue weighted by molar-refractivity contribution is -0.904. The normalized spacial score (nSPS) is 18.2. The molecule has 1 aliphatic heterocycles. The van der Waals surface area contributed by atoms with Crippen molar-refractivity contribution in [3.63, 3.8) is 0 Å². The van der Waals surface area contributed by atoms with Gasteiger partial charge in [-0.3, -0.25) is 4.79 Å². The molecule has 0 spiro atoms. The first kappa shape index (κ1) is 10.9. The highest BCUT2D eigenvalue weighted by Crippen LogP contribution is 1.89. The van der Waals surface area contributed by atoms with E-state index in [1.165, 1.54) is 9.80 Å². The second kappa shape index (κ2) is 4.92. The Bertz CT molecular complexity index is 223. The fourth-order valence-corrected chi connectivity index (χ4v) is 1.56. The van der Waals surface area contributed by atoms with Crippen LogP contribution in [0.4, 0.5) is 0 Å². The molecule has 1 fully saturated rings. The molecule has 1 aliphatic rings. The standard InChI is InChI=1S/C8H14N2O4/c11-6-5-9-1-3-10(4-2-9)7(12)8(13)14/h11H,1-6H2,(H,13,14). The average molecular weight is 202 g/mol. The Kier molecular flexibility index (Phi) is 3.84. The molecule has 0 unspecified atom stereocenters. The van der Waals surface area contributed by atoms with E-state index in [0.717, 1.165) is 0 Å². The van der Waals surface area contributed by atoms with E-state index in [2.05, 4.69) is 0 Å². The smallest absolute Gasteiger partial charge is 0.269 e. The summed E-state index contributed by atoms with van der Waals surface area (Å²) in [4.78, 5) is 23.7. The van der Waals surface area contributed by atoms with Crippen LogP contribution in [0.2, 0.25) is 0 Å². The Morgan fingerprint density at radius 3 is 2.36 bits per heavy atom. The van der Waals surface area contributed by atoms with E-state index >= 15 is 0 Å². The summed E-state index contributed by atoms with van der Waals surface area (Å²) in [5, 5.41) is 18.9. The van der Waals surface area contributed by atoms with Crippen molar-refractivity contribution in [2.45, 2.75) is 0 Å². The second-order valence-electron chi connectivity index (χ2n) is 3.30. The third kappa shape index (κ3) is 2.68. The Labute approximate surface area is 81.7 Å². The summed E-state index contributed by atoms with van der Waals surface area (Å²) in [5.74, 6) is -2.58. The molecule has 0 bridgehead atoms. The first-order valence-corrected chi connectivity index (χ1v) is 4.60. The van der Waals surface area contributed by atoms with Crippen LogP contribution in [0.25, 0.3) is 0 Å². The summed E-state index contributed by atoms with van der Waals surface area (Å²) in [7, 11) is 0. The number of carboxylic acid groups (broad SMARTS) is 1. The van der Waals surface area contributed by atoms with Gasteiger partial charge >= 0.3 is 0 Å². The van der Waals surface area contributed by atoms with E-state index in [9.17, 15) is 14.7 Å². The van der Waals surface area contributed by atoms with Gasteiger partial charge in [0, 0.05) is 0 Å². The average Bonchev–Trinajstić information content (AvgIpc) is 2.18. The van der Waals surface area contributed by atoms with Crippen LogP contribution < -0.4 is 10.0 Å². The first-order valence-electron chi connectivity index (χ1n) is 4.60. The number of aliphatic hydroxyl groups excluding tert-OH is 1. The van der Waals surface area contributed by atoms with Crippen molar-refractivity contribution in [2.24, 2.45) is 0 Å². The molecule has 80 valence electrons. The number of amides is 1. The molecule has 1 saturated heterocycles. The van der Waals surface area contributed by atoms with Crippen molar-refractivity contribution >= 4 is 11.9 Å². The minimum Gasteiger partial charge on any atom is -0.540 e. The highest BCUT2D eigenvalue weighted by Gasteiger charge is 2.23. The maximum absolute atomic E-state index is 11.0. The van der Waals surface area contributed by atoms with Crippen molar-refractivity contribution in [3.05, 3.63) is 0 Å². The Morgan fingerprint density at radius 1 is 1.36 bits per heavy atom. The van der Waals surface area contributed by atoms with E-state index < -0.39 is 11.9 Å². The Balaban J connectivity index is 2.35. The molecule has 2 N–H and O–H groups in total. The zero-order chi connectivity index (χ0) is 10.6. The first-order chi connectivity index (χ1) is 6.65. The van der Waals surface area contributed by atoms with E-state index in [0.29, 0.717) is 32.7 Å². The molecule has 6 heteroatoms. The van der Waals surface area contributed by atoms with Gasteiger partial charge in [-0.1, -0.05) is 0 Å². The number of nitrogens with one attached hydrogen (secondary N) is 1. The minimum atomic E-state index is -1.64. The van der Waals surface area contributed by atoms with Gasteiger partial charge in [-0.05, 0) is 0 Å². The fourth-order valence-electron chi connectivity index (χ4n) is 1.56. The quantitative estimate of drug-likeness (QED) is 0.442. The number of carbonyl (C=O) groups is 2. The van der Waals surface area contributed by atoms with Gasteiger partial charge in [-0.15, -0.1) is 0 Å². The van der Waals surface area contributed by atoms with Gasteiger partial charge in [0.15, 0.2) is 0 Å². The Hall–Kier alpha value is -1.14. The maximum Gasteiger partial charge on any atom is 0.269 e. The number of aliphatic hydroxyl groups is 1. The lowest BCUT2D eigenvalue weighted by Gasteiger charge is -2.31. The number of hydrogen-bond acceptors (Lipinski definition) is 4. The van der Waals surface area contributed by atoms with Crippen molar-refractivity contribution in [2.75, 3.05) is 39.3 Å². The number of hydrogen-bond donors (Lipinski definition) is 2. The molecule has 14 heavy (non-hydrogen) atoms. The fraction of sp³-hybridized carbons (Fsp3) is 0.750. The summed E-state index contributed by atoms with van der Waals surface area (Å²) in [6.07, 6.45) is 0. The van der Waals surface area contributed by atoms with Crippen LogP contribution in [-0.4, -0.2) is 61.2 Å². The van der Waals surface area contributed by atoms with Gasteiger partial charge < -0.3 is 24.8 Å². The third-order valence-corrected chi connectivity index (χ3v) is 2.40. The van der Waals surface area contributed by atoms with Crippen molar-refractivity contribution < 1.29 is 24.7 Å². The molecule has 1 heterocycles. The summed E-state index contributed by atoms with van der Waals surface area (Å²) >= 11 is 0. The molecule has 0 aromatic rings. The molecular formula is C8H14N2O4. The molecule has 1 rings (SSSR count). The van der Waals surface area contributed by atoms with Gasteiger partial charge in [0.25, 0.3) is 5.91 Å². The van der Waals surface area contributed by atoms with Crippen LogP contribution in [-0.2, 0) is 9.59 Å². The van der Waals surface area contributed by atoms with Crippen LogP contribution in [0, 0.1) is 0 Å². The van der Waals surface area contributed by atoms with E-state index in [4.69, 9.17) is 5.11 Å². The molecule has 6 nitrogen and oxygen atoms in total. The molecule has 0 aromatic carbocycles.